The van der Waals surface area contributed by atoms with E-state index in [0.717, 1.165) is 3.97 Å². The van der Waals surface area contributed by atoms with Crippen LogP contribution in [0.5, 0.6) is 0 Å². The molecule has 4 aromatic rings. The molecule has 0 saturated carbocycles. The first-order chi connectivity index (χ1) is 16.4. The van der Waals surface area contributed by atoms with E-state index in [2.05, 4.69) is 20.6 Å². The van der Waals surface area contributed by atoms with Crippen molar-refractivity contribution >= 4 is 15.8 Å². The van der Waals surface area contributed by atoms with E-state index in [0.29, 0.717) is 29.1 Å². The Morgan fingerprint density at radius 1 is 1.06 bits per heavy atom. The van der Waals surface area contributed by atoms with Crippen LogP contribution in [0.4, 0.5) is 10.2 Å². The molecule has 3 heterocycles. The molecule has 0 radical (unpaired) electrons. The van der Waals surface area contributed by atoms with Crippen molar-refractivity contribution in [1.82, 2.24) is 19.3 Å². The number of rotatable bonds is 8. The van der Waals surface area contributed by atoms with Gasteiger partial charge in [0.25, 0.3) is 10.0 Å². The highest BCUT2D eigenvalue weighted by molar-refractivity contribution is 7.90. The Morgan fingerprint density at radius 2 is 1.88 bits per heavy atom. The molecule has 0 saturated heterocycles. The zero-order valence-corrected chi connectivity index (χ0v) is 19.1. The van der Waals surface area contributed by atoms with Gasteiger partial charge >= 0.3 is 0 Å². The summed E-state index contributed by atoms with van der Waals surface area (Å²) in [6, 6.07) is 14.5. The predicted octanol–water partition coefficient (Wildman–Crippen LogP) is 3.52. The van der Waals surface area contributed by atoms with Crippen molar-refractivity contribution in [3.8, 4) is 17.3 Å². The molecule has 34 heavy (non-hydrogen) atoms. The van der Waals surface area contributed by atoms with Gasteiger partial charge in [-0.3, -0.25) is 4.98 Å². The van der Waals surface area contributed by atoms with Gasteiger partial charge in [-0.25, -0.2) is 21.8 Å². The highest BCUT2D eigenvalue weighted by Gasteiger charge is 2.24. The Labute approximate surface area is 196 Å². The van der Waals surface area contributed by atoms with E-state index in [9.17, 15) is 12.8 Å². The third-order valence-electron chi connectivity index (χ3n) is 5.07. The summed E-state index contributed by atoms with van der Waals surface area (Å²) in [4.78, 5) is 8.21. The second-order valence-electron chi connectivity index (χ2n) is 7.47. The predicted molar refractivity (Wildman–Crippen MR) is 126 cm³/mol. The van der Waals surface area contributed by atoms with E-state index < -0.39 is 15.8 Å². The third-order valence-corrected chi connectivity index (χ3v) is 6.71. The third kappa shape index (κ3) is 4.80. The van der Waals surface area contributed by atoms with Crippen molar-refractivity contribution in [2.75, 3.05) is 12.4 Å². The Bertz CT molecular complexity index is 1460. The summed E-state index contributed by atoms with van der Waals surface area (Å²) in [7, 11) is -2.32. The number of nitrogens with one attached hydrogen (secondary N) is 2. The summed E-state index contributed by atoms with van der Waals surface area (Å²) in [6.45, 7) is 0.690. The zero-order valence-electron chi connectivity index (χ0n) is 18.2. The molecular formula is C24H21FN6O2S. The molecule has 0 bridgehead atoms. The van der Waals surface area contributed by atoms with Gasteiger partial charge in [-0.1, -0.05) is 12.1 Å². The lowest BCUT2D eigenvalue weighted by Gasteiger charge is -2.12. The van der Waals surface area contributed by atoms with Gasteiger partial charge in [0.15, 0.2) is 0 Å². The topological polar surface area (TPSA) is 113 Å². The van der Waals surface area contributed by atoms with Crippen LogP contribution in [-0.4, -0.2) is 29.4 Å². The minimum absolute atomic E-state index is 0.0243. The Balaban J connectivity index is 1.67. The lowest BCUT2D eigenvalue weighted by Crippen LogP contribution is -2.15. The number of nitriles is 1. The van der Waals surface area contributed by atoms with Crippen molar-refractivity contribution in [2.45, 2.75) is 18.0 Å². The highest BCUT2D eigenvalue weighted by atomic mass is 32.2. The molecule has 0 spiro atoms. The van der Waals surface area contributed by atoms with Gasteiger partial charge in [0.05, 0.1) is 11.3 Å². The Morgan fingerprint density at radius 3 is 2.59 bits per heavy atom. The Hall–Kier alpha value is -4.07. The van der Waals surface area contributed by atoms with E-state index in [1.54, 1.807) is 49.6 Å². The van der Waals surface area contributed by atoms with Crippen LogP contribution in [0.1, 0.15) is 16.7 Å². The number of halogens is 1. The van der Waals surface area contributed by atoms with E-state index in [1.165, 1.54) is 30.7 Å². The van der Waals surface area contributed by atoms with E-state index >= 15 is 0 Å². The zero-order chi connectivity index (χ0) is 24.1. The summed E-state index contributed by atoms with van der Waals surface area (Å²) >= 11 is 0. The maximum absolute atomic E-state index is 14.5. The fourth-order valence-corrected chi connectivity index (χ4v) is 4.84. The maximum atomic E-state index is 14.5. The lowest BCUT2D eigenvalue weighted by molar-refractivity contribution is 0.587. The van der Waals surface area contributed by atoms with Crippen LogP contribution in [0.15, 0.2) is 78.2 Å². The van der Waals surface area contributed by atoms with E-state index in [1.807, 2.05) is 6.07 Å². The highest BCUT2D eigenvalue weighted by Crippen LogP contribution is 2.29. The van der Waals surface area contributed by atoms with Crippen LogP contribution in [-0.2, 0) is 23.1 Å². The molecule has 0 aliphatic rings. The number of hydrogen-bond acceptors (Lipinski definition) is 7. The van der Waals surface area contributed by atoms with Crippen molar-refractivity contribution in [3.05, 3.63) is 95.8 Å². The number of hydrogen-bond donors (Lipinski definition) is 2. The summed E-state index contributed by atoms with van der Waals surface area (Å²) < 4.78 is 42.8. The number of aromatic nitrogens is 3. The number of nitrogens with zero attached hydrogens (tertiary/aromatic N) is 4. The maximum Gasteiger partial charge on any atom is 0.269 e. The first kappa shape index (κ1) is 23.1. The smallest absolute Gasteiger partial charge is 0.269 e. The van der Waals surface area contributed by atoms with Crippen LogP contribution in [0, 0.1) is 17.1 Å². The average Bonchev–Trinajstić information content (AvgIpc) is 3.28. The molecule has 0 amide bonds. The standard InChI is InChI=1S/C24H21FN6O2S/c1-27-11-19-9-23(21-4-2-3-5-22(21)25)31(16-19)34(32,33)20-8-18(12-28-15-20)14-30-24-7-6-17(10-26)13-29-24/h2-9,12-13,15-16,27H,11,14H2,1H3,(H,29,30). The molecular weight excluding hydrogens is 455 g/mol. The summed E-state index contributed by atoms with van der Waals surface area (Å²) in [5.74, 6) is 0.0234. The van der Waals surface area contributed by atoms with Gasteiger partial charge < -0.3 is 10.6 Å². The molecule has 0 aliphatic carbocycles. The monoisotopic (exact) mass is 476 g/mol. The van der Waals surface area contributed by atoms with E-state index in [4.69, 9.17) is 5.26 Å². The van der Waals surface area contributed by atoms with Crippen LogP contribution >= 0.6 is 0 Å². The fraction of sp³-hybridized carbons (Fsp3) is 0.125. The van der Waals surface area contributed by atoms with E-state index in [-0.39, 0.29) is 22.7 Å². The number of benzene rings is 1. The molecule has 8 nitrogen and oxygen atoms in total. The van der Waals surface area contributed by atoms with Crippen LogP contribution in [0.2, 0.25) is 0 Å². The summed E-state index contributed by atoms with van der Waals surface area (Å²) in [5, 5.41) is 14.9. The van der Waals surface area contributed by atoms with Crippen LogP contribution in [0.25, 0.3) is 11.3 Å². The van der Waals surface area contributed by atoms with Crippen molar-refractivity contribution in [2.24, 2.45) is 0 Å². The van der Waals surface area contributed by atoms with Gasteiger partial charge in [0.2, 0.25) is 0 Å². The molecule has 2 N–H and O–H groups in total. The minimum atomic E-state index is -4.07. The molecule has 0 aliphatic heterocycles. The van der Waals surface area contributed by atoms with Crippen LogP contribution in [0.3, 0.4) is 0 Å². The summed E-state index contributed by atoms with van der Waals surface area (Å²) in [6.07, 6.45) is 5.75. The van der Waals surface area contributed by atoms with Gasteiger partial charge in [-0.2, -0.15) is 5.26 Å². The van der Waals surface area contributed by atoms with Crippen LogP contribution < -0.4 is 10.6 Å². The second kappa shape index (κ2) is 9.82. The SMILES string of the molecule is CNCc1cc(-c2ccccc2F)n(S(=O)(=O)c2cncc(CNc3ccc(C#N)cn3)c2)c1. The lowest BCUT2D eigenvalue weighted by atomic mass is 10.1. The molecule has 172 valence electrons. The summed E-state index contributed by atoms with van der Waals surface area (Å²) in [5.41, 5.74) is 2.17. The number of anilines is 1. The van der Waals surface area contributed by atoms with Crippen molar-refractivity contribution in [3.63, 3.8) is 0 Å². The molecule has 0 atom stereocenters. The first-order valence-electron chi connectivity index (χ1n) is 10.3. The first-order valence-corrected chi connectivity index (χ1v) is 11.8. The van der Waals surface area contributed by atoms with Gasteiger partial charge in [-0.15, -0.1) is 0 Å². The molecule has 4 rings (SSSR count). The van der Waals surface area contributed by atoms with Gasteiger partial charge in [0, 0.05) is 43.4 Å². The normalized spacial score (nSPS) is 11.2. The molecule has 1 aromatic carbocycles. The average molecular weight is 477 g/mol. The quantitative estimate of drug-likeness (QED) is 0.400. The second-order valence-corrected chi connectivity index (χ2v) is 9.29. The minimum Gasteiger partial charge on any atom is -0.366 e. The van der Waals surface area contributed by atoms with Gasteiger partial charge in [-0.05, 0) is 54.6 Å². The molecule has 0 unspecified atom stereocenters. The molecule has 0 fully saturated rings. The largest absolute Gasteiger partial charge is 0.366 e. The molecule has 3 aromatic heterocycles. The Kier molecular flexibility index (Phi) is 6.67. The number of pyridine rings is 2. The molecule has 10 heteroatoms. The fourth-order valence-electron chi connectivity index (χ4n) is 3.43. The van der Waals surface area contributed by atoms with Crippen molar-refractivity contribution in [1.29, 1.82) is 5.26 Å². The van der Waals surface area contributed by atoms with Crippen molar-refractivity contribution < 1.29 is 12.8 Å². The van der Waals surface area contributed by atoms with Gasteiger partial charge in [0.1, 0.15) is 22.6 Å².